The van der Waals surface area contributed by atoms with E-state index in [1.54, 1.807) is 0 Å². The summed E-state index contributed by atoms with van der Waals surface area (Å²) in [6.07, 6.45) is 0. The zero-order valence-corrected chi connectivity index (χ0v) is 4.79. The standard InChI is InChI=1S/C3H4O3.Ag/c1-2(4)3(5)6;/h4H,1H2,(H,5,6);. The third-order valence-corrected chi connectivity index (χ3v) is 0.247. The van der Waals surface area contributed by atoms with Gasteiger partial charge in [-0.25, -0.2) is 4.79 Å². The maximum Gasteiger partial charge on any atom is 0.370 e. The van der Waals surface area contributed by atoms with Gasteiger partial charge in [0.1, 0.15) is 0 Å². The van der Waals surface area contributed by atoms with Crippen LogP contribution < -0.4 is 0 Å². The first-order valence-corrected chi connectivity index (χ1v) is 1.25. The number of carboxylic acid groups (broad SMARTS) is 1. The zero-order chi connectivity index (χ0) is 5.15. The minimum absolute atomic E-state index is 0. The minimum Gasteiger partial charge on any atom is -0.502 e. The van der Waals surface area contributed by atoms with E-state index in [1.807, 2.05) is 0 Å². The molecule has 7 heavy (non-hydrogen) atoms. The molecule has 0 unspecified atom stereocenters. The molecule has 45 valence electrons. The Hall–Kier alpha value is -0.250. The number of aliphatic carboxylic acids is 1. The molecule has 0 saturated carbocycles. The molecule has 0 aromatic carbocycles. The summed E-state index contributed by atoms with van der Waals surface area (Å²) in [6, 6.07) is 0. The Labute approximate surface area is 56.2 Å². The molecule has 0 bridgehead atoms. The van der Waals surface area contributed by atoms with Crippen LogP contribution in [0.1, 0.15) is 0 Å². The first-order valence-electron chi connectivity index (χ1n) is 1.25. The average Bonchev–Trinajstić information content (AvgIpc) is 1.36. The second-order valence-corrected chi connectivity index (χ2v) is 0.752. The van der Waals surface area contributed by atoms with E-state index in [4.69, 9.17) is 10.2 Å². The Balaban J connectivity index is 0. The number of aliphatic hydroxyl groups excluding tert-OH is 1. The van der Waals surface area contributed by atoms with Gasteiger partial charge in [-0.3, -0.25) is 0 Å². The van der Waals surface area contributed by atoms with E-state index in [0.717, 1.165) is 0 Å². The van der Waals surface area contributed by atoms with Gasteiger partial charge in [-0.15, -0.1) is 0 Å². The second-order valence-electron chi connectivity index (χ2n) is 0.752. The molecule has 0 atom stereocenters. The molecule has 0 rings (SSSR count). The Bertz CT molecular complexity index is 76.2. The number of aliphatic hydroxyl groups is 1. The topological polar surface area (TPSA) is 57.5 Å². The van der Waals surface area contributed by atoms with Crippen LogP contribution in [0.2, 0.25) is 0 Å². The molecule has 0 fully saturated rings. The Morgan fingerprint density at radius 1 is 1.43 bits per heavy atom. The fourth-order valence-electron chi connectivity index (χ4n) is 0. The van der Waals surface area contributed by atoms with Crippen LogP contribution in [0.4, 0.5) is 0 Å². The zero-order valence-electron chi connectivity index (χ0n) is 3.31. The van der Waals surface area contributed by atoms with Gasteiger partial charge in [0, 0.05) is 22.4 Å². The third kappa shape index (κ3) is 5.75. The number of carbonyl (C=O) groups is 1. The third-order valence-electron chi connectivity index (χ3n) is 0.247. The summed E-state index contributed by atoms with van der Waals surface area (Å²) >= 11 is 0. The van der Waals surface area contributed by atoms with E-state index in [0.29, 0.717) is 0 Å². The maximum absolute atomic E-state index is 9.35. The van der Waals surface area contributed by atoms with Crippen molar-refractivity contribution in [1.82, 2.24) is 0 Å². The number of hydrogen-bond acceptors (Lipinski definition) is 2. The molecule has 0 aliphatic rings. The van der Waals surface area contributed by atoms with Crippen LogP contribution in [0, 0.1) is 0 Å². The molecule has 0 heterocycles. The van der Waals surface area contributed by atoms with Crippen molar-refractivity contribution < 1.29 is 37.4 Å². The number of rotatable bonds is 1. The molecule has 2 N–H and O–H groups in total. The van der Waals surface area contributed by atoms with Crippen molar-refractivity contribution in [1.29, 1.82) is 0 Å². The molecule has 0 aliphatic heterocycles. The van der Waals surface area contributed by atoms with Crippen LogP contribution in [0.25, 0.3) is 0 Å². The molecule has 3 nitrogen and oxygen atoms in total. The van der Waals surface area contributed by atoms with Gasteiger partial charge in [0.05, 0.1) is 0 Å². The summed E-state index contributed by atoms with van der Waals surface area (Å²) in [5, 5.41) is 15.5. The molecule has 4 heteroatoms. The molecule has 0 spiro atoms. The summed E-state index contributed by atoms with van der Waals surface area (Å²) in [5.74, 6) is -2.20. The van der Waals surface area contributed by atoms with E-state index in [9.17, 15) is 4.79 Å². The SMILES string of the molecule is C=C(O)C(=O)O.[Ag]. The Morgan fingerprint density at radius 2 is 1.57 bits per heavy atom. The summed E-state index contributed by atoms with van der Waals surface area (Å²) < 4.78 is 0. The van der Waals surface area contributed by atoms with Gasteiger partial charge in [0.2, 0.25) is 0 Å². The quantitative estimate of drug-likeness (QED) is 0.356. The monoisotopic (exact) mass is 195 g/mol. The van der Waals surface area contributed by atoms with Gasteiger partial charge >= 0.3 is 5.97 Å². The minimum atomic E-state index is -1.38. The van der Waals surface area contributed by atoms with E-state index in [-0.39, 0.29) is 22.4 Å². The molecule has 0 saturated heterocycles. The van der Waals surface area contributed by atoms with Gasteiger partial charge in [-0.1, -0.05) is 0 Å². The van der Waals surface area contributed by atoms with E-state index < -0.39 is 11.7 Å². The molecular formula is C3H4AgO3. The van der Waals surface area contributed by atoms with E-state index >= 15 is 0 Å². The van der Waals surface area contributed by atoms with Crippen molar-refractivity contribution in [3.05, 3.63) is 12.3 Å². The average molecular weight is 196 g/mol. The van der Waals surface area contributed by atoms with Gasteiger partial charge in [0.25, 0.3) is 0 Å². The second kappa shape index (κ2) is 3.92. The molecule has 0 amide bonds. The molecule has 0 aliphatic carbocycles. The van der Waals surface area contributed by atoms with Crippen molar-refractivity contribution in [3.8, 4) is 0 Å². The Kier molecular flexibility index (Phi) is 5.55. The van der Waals surface area contributed by atoms with Crippen LogP contribution in [-0.4, -0.2) is 16.2 Å². The van der Waals surface area contributed by atoms with Gasteiger partial charge in [-0.2, -0.15) is 0 Å². The summed E-state index contributed by atoms with van der Waals surface area (Å²) in [5.41, 5.74) is 0. The number of hydrogen-bond donors (Lipinski definition) is 2. The van der Waals surface area contributed by atoms with Crippen LogP contribution >= 0.6 is 0 Å². The van der Waals surface area contributed by atoms with Gasteiger partial charge < -0.3 is 10.2 Å². The predicted octanol–water partition coefficient (Wildman–Crippen LogP) is 0.140. The largest absolute Gasteiger partial charge is 0.502 e. The van der Waals surface area contributed by atoms with E-state index in [1.165, 1.54) is 0 Å². The molecule has 0 aromatic heterocycles. The maximum atomic E-state index is 9.35. The predicted molar refractivity (Wildman–Crippen MR) is 19.4 cm³/mol. The van der Waals surface area contributed by atoms with Gasteiger partial charge in [0.15, 0.2) is 5.76 Å². The van der Waals surface area contributed by atoms with Crippen molar-refractivity contribution in [3.63, 3.8) is 0 Å². The van der Waals surface area contributed by atoms with Crippen LogP contribution in [0.3, 0.4) is 0 Å². The van der Waals surface area contributed by atoms with Crippen LogP contribution in [-0.2, 0) is 27.2 Å². The Morgan fingerprint density at radius 3 is 1.57 bits per heavy atom. The van der Waals surface area contributed by atoms with Crippen molar-refractivity contribution in [2.45, 2.75) is 0 Å². The number of carboxylic acids is 1. The molecule has 0 aromatic rings. The molecular weight excluding hydrogens is 192 g/mol. The van der Waals surface area contributed by atoms with Crippen molar-refractivity contribution in [2.24, 2.45) is 0 Å². The fourth-order valence-corrected chi connectivity index (χ4v) is 0. The van der Waals surface area contributed by atoms with Gasteiger partial charge in [-0.05, 0) is 6.58 Å². The smallest absolute Gasteiger partial charge is 0.370 e. The fraction of sp³-hybridized carbons (Fsp3) is 0. The summed E-state index contributed by atoms with van der Waals surface area (Å²) in [4.78, 5) is 9.35. The van der Waals surface area contributed by atoms with Crippen LogP contribution in [0.5, 0.6) is 0 Å². The van der Waals surface area contributed by atoms with Crippen molar-refractivity contribution >= 4 is 5.97 Å². The first kappa shape index (κ1) is 9.89. The van der Waals surface area contributed by atoms with E-state index in [2.05, 4.69) is 6.58 Å². The summed E-state index contributed by atoms with van der Waals surface area (Å²) in [6.45, 7) is 2.71. The molecule has 1 radical (unpaired) electrons. The van der Waals surface area contributed by atoms with Crippen molar-refractivity contribution in [2.75, 3.05) is 0 Å². The first-order chi connectivity index (χ1) is 2.64. The van der Waals surface area contributed by atoms with Crippen LogP contribution in [0.15, 0.2) is 12.3 Å². The normalized spacial score (nSPS) is 6.29. The summed E-state index contributed by atoms with van der Waals surface area (Å²) in [7, 11) is 0.